The van der Waals surface area contributed by atoms with E-state index in [1.54, 1.807) is 49.6 Å². The van der Waals surface area contributed by atoms with Gasteiger partial charge in [0.1, 0.15) is 0 Å². The number of rotatable bonds is 6. The summed E-state index contributed by atoms with van der Waals surface area (Å²) in [6.45, 7) is 0. The Labute approximate surface area is 363 Å². The predicted octanol–water partition coefficient (Wildman–Crippen LogP) is 15.3. The number of hydrogen-bond acceptors (Lipinski definition) is 8. The van der Waals surface area contributed by atoms with E-state index in [1.807, 2.05) is 121 Å². The van der Waals surface area contributed by atoms with Gasteiger partial charge in [-0.1, -0.05) is 24.3 Å². The minimum atomic E-state index is -10.7. The topological polar surface area (TPSA) is 103 Å². The van der Waals surface area contributed by atoms with E-state index in [2.05, 4.69) is 29.9 Å². The fourth-order valence-corrected chi connectivity index (χ4v) is 5.07. The molecule has 8 nitrogen and oxygen atoms in total. The summed E-state index contributed by atoms with van der Waals surface area (Å²) in [5.41, 5.74) is 10.9. The molecule has 0 atom stereocenters. The summed E-state index contributed by atoms with van der Waals surface area (Å²) in [7, 11) is -21.3. The first-order valence-electron chi connectivity index (χ1n) is 17.3. The molecule has 0 aromatic carbocycles. The van der Waals surface area contributed by atoms with Crippen molar-refractivity contribution in [3.8, 4) is 67.8 Å². The molecule has 0 amide bonds. The van der Waals surface area contributed by atoms with Crippen molar-refractivity contribution in [1.29, 1.82) is 0 Å². The molecule has 0 aliphatic heterocycles. The van der Waals surface area contributed by atoms with Gasteiger partial charge in [-0.05, 0) is 119 Å². The van der Waals surface area contributed by atoms with Gasteiger partial charge in [-0.25, -0.2) is 9.97 Å². The van der Waals surface area contributed by atoms with Gasteiger partial charge in [0, 0.05) is 49.6 Å². The molecular formula is C40H28F12N8OsP2. The number of halogens is 12. The second-order valence-corrected chi connectivity index (χ2v) is 16.3. The molecular weight excluding hydrogens is 1070 g/mol. The summed E-state index contributed by atoms with van der Waals surface area (Å²) in [6.07, 6.45) is 14.3. The standard InChI is InChI=1S/2C20H14N4.2F6P.Os/c2*1-3-9-22-17(5-1)19-13-16(15-7-11-21-12-8-15)14-20(24-19)18-6-2-4-10-23-18;2*1-7(2,3,4,5)6;/h2*1-14H;;;/q;;2*-1;+2. The van der Waals surface area contributed by atoms with E-state index in [0.29, 0.717) is 0 Å². The van der Waals surface area contributed by atoms with Crippen LogP contribution in [-0.2, 0) is 19.8 Å². The van der Waals surface area contributed by atoms with Crippen LogP contribution in [0.2, 0.25) is 0 Å². The van der Waals surface area contributed by atoms with Crippen molar-refractivity contribution in [2.45, 2.75) is 0 Å². The largest absolute Gasteiger partial charge is 2.00 e. The molecule has 0 bridgehead atoms. The molecule has 8 rings (SSSR count). The number of pyridine rings is 8. The summed E-state index contributed by atoms with van der Waals surface area (Å²) in [5.74, 6) is 0. The summed E-state index contributed by atoms with van der Waals surface area (Å²) >= 11 is 0. The monoisotopic (exact) mass is 1100 g/mol. The number of hydrogen-bond donors (Lipinski definition) is 0. The van der Waals surface area contributed by atoms with Crippen molar-refractivity contribution in [2.75, 3.05) is 0 Å². The van der Waals surface area contributed by atoms with Crippen LogP contribution in [0.5, 0.6) is 0 Å². The van der Waals surface area contributed by atoms with Crippen LogP contribution in [-0.4, -0.2) is 39.9 Å². The smallest absolute Gasteiger partial charge is 0.265 e. The van der Waals surface area contributed by atoms with Gasteiger partial charge in [-0.15, -0.1) is 0 Å². The van der Waals surface area contributed by atoms with Gasteiger partial charge in [0.2, 0.25) is 0 Å². The molecule has 8 heterocycles. The third-order valence-electron chi connectivity index (χ3n) is 7.39. The van der Waals surface area contributed by atoms with Gasteiger partial charge in [0.05, 0.1) is 45.6 Å². The first-order valence-corrected chi connectivity index (χ1v) is 21.4. The minimum absolute atomic E-state index is 0. The van der Waals surface area contributed by atoms with Crippen molar-refractivity contribution in [1.82, 2.24) is 39.9 Å². The van der Waals surface area contributed by atoms with Gasteiger partial charge in [0.15, 0.2) is 0 Å². The SMILES string of the molecule is F[P-](F)(F)(F)(F)F.F[P-](F)(F)(F)(F)F.[Os+2].c1ccc(-c2cc(-c3ccncc3)cc(-c3ccccn3)n2)nc1.c1ccc(-c2cc(-c3ccncc3)cc(-c3ccccn3)n2)nc1. The van der Waals surface area contributed by atoms with Crippen molar-refractivity contribution in [2.24, 2.45) is 0 Å². The van der Waals surface area contributed by atoms with E-state index in [-0.39, 0.29) is 19.8 Å². The van der Waals surface area contributed by atoms with E-state index < -0.39 is 15.6 Å². The summed E-state index contributed by atoms with van der Waals surface area (Å²) in [4.78, 5) is 35.4. The molecule has 330 valence electrons. The third kappa shape index (κ3) is 20.1. The molecule has 8 aromatic heterocycles. The average molecular weight is 1100 g/mol. The van der Waals surface area contributed by atoms with Crippen molar-refractivity contribution < 1.29 is 70.2 Å². The second kappa shape index (κ2) is 18.3. The van der Waals surface area contributed by atoms with E-state index in [4.69, 9.17) is 9.97 Å². The van der Waals surface area contributed by atoms with E-state index in [9.17, 15) is 50.4 Å². The molecule has 0 aliphatic carbocycles. The Kier molecular flexibility index (Phi) is 14.4. The molecule has 0 N–H and O–H groups in total. The molecule has 0 saturated heterocycles. The van der Waals surface area contributed by atoms with Crippen molar-refractivity contribution in [3.05, 3.63) is 171 Å². The average Bonchev–Trinajstić information content (AvgIpc) is 3.23. The molecule has 0 radical (unpaired) electrons. The second-order valence-electron chi connectivity index (χ2n) is 12.5. The van der Waals surface area contributed by atoms with Crippen LogP contribution in [0.4, 0.5) is 50.4 Å². The van der Waals surface area contributed by atoms with Crippen LogP contribution < -0.4 is 0 Å². The third-order valence-corrected chi connectivity index (χ3v) is 7.39. The van der Waals surface area contributed by atoms with E-state index in [0.717, 1.165) is 67.8 Å². The Morgan fingerprint density at radius 3 is 0.683 bits per heavy atom. The normalized spacial score (nSPS) is 13.1. The Morgan fingerprint density at radius 2 is 0.492 bits per heavy atom. The van der Waals surface area contributed by atoms with Crippen LogP contribution in [0.1, 0.15) is 0 Å². The maximum Gasteiger partial charge on any atom is 2.00 e. The maximum absolute atomic E-state index is 10.7. The molecule has 63 heavy (non-hydrogen) atoms. The zero-order valence-electron chi connectivity index (χ0n) is 31.5. The molecule has 0 spiro atoms. The molecule has 0 unspecified atom stereocenters. The predicted molar refractivity (Wildman–Crippen MR) is 215 cm³/mol. The molecule has 0 aliphatic rings. The summed E-state index contributed by atoms with van der Waals surface area (Å²) in [5, 5.41) is 0. The van der Waals surface area contributed by atoms with Gasteiger partial charge >= 0.3 is 85.8 Å². The van der Waals surface area contributed by atoms with Gasteiger partial charge in [-0.2, -0.15) is 0 Å². The Balaban J connectivity index is 0.000000211. The number of aromatic nitrogens is 8. The van der Waals surface area contributed by atoms with Gasteiger partial charge < -0.3 is 0 Å². The zero-order valence-corrected chi connectivity index (χ0v) is 35.9. The Morgan fingerprint density at radius 1 is 0.270 bits per heavy atom. The Bertz CT molecular complexity index is 2210. The van der Waals surface area contributed by atoms with Crippen LogP contribution in [0.3, 0.4) is 0 Å². The summed E-state index contributed by atoms with van der Waals surface area (Å²) < 4.78 is 118. The molecule has 0 fully saturated rings. The van der Waals surface area contributed by atoms with Crippen LogP contribution in [0.15, 0.2) is 171 Å². The molecule has 0 saturated carbocycles. The number of nitrogens with zero attached hydrogens (tertiary/aromatic N) is 8. The summed E-state index contributed by atoms with van der Waals surface area (Å²) in [6, 6.07) is 39.4. The quantitative estimate of drug-likeness (QED) is 0.120. The van der Waals surface area contributed by atoms with Crippen LogP contribution >= 0.6 is 15.6 Å². The fraction of sp³-hybridized carbons (Fsp3) is 0. The van der Waals surface area contributed by atoms with Crippen LogP contribution in [0.25, 0.3) is 67.8 Å². The zero-order chi connectivity index (χ0) is 45.2. The van der Waals surface area contributed by atoms with Crippen molar-refractivity contribution >= 4 is 15.6 Å². The maximum atomic E-state index is 9.87. The van der Waals surface area contributed by atoms with Gasteiger partial charge in [-0.3, -0.25) is 29.9 Å². The fourth-order valence-electron chi connectivity index (χ4n) is 5.07. The minimum Gasteiger partial charge on any atom is -0.265 e. The first kappa shape index (κ1) is 49.5. The molecule has 8 aromatic rings. The van der Waals surface area contributed by atoms with Gasteiger partial charge in [0.25, 0.3) is 0 Å². The van der Waals surface area contributed by atoms with Crippen LogP contribution in [0, 0.1) is 0 Å². The van der Waals surface area contributed by atoms with E-state index >= 15 is 0 Å². The molecule has 23 heteroatoms. The van der Waals surface area contributed by atoms with Crippen molar-refractivity contribution in [3.63, 3.8) is 0 Å². The Hall–Kier alpha value is -6.14. The van der Waals surface area contributed by atoms with E-state index in [1.165, 1.54) is 0 Å². The first-order chi connectivity index (χ1) is 28.7.